The zero-order valence-electron chi connectivity index (χ0n) is 10.9. The summed E-state index contributed by atoms with van der Waals surface area (Å²) in [6, 6.07) is 9.70. The average molecular weight is 287 g/mol. The Balaban J connectivity index is 1.65. The van der Waals surface area contributed by atoms with Gasteiger partial charge in [0.05, 0.1) is 5.75 Å². The Labute approximate surface area is 120 Å². The number of aromatic amines is 1. The van der Waals surface area contributed by atoms with Crippen LogP contribution in [-0.4, -0.2) is 25.4 Å². The molecule has 0 unspecified atom stereocenters. The fraction of sp³-hybridized carbons (Fsp3) is 0.231. The van der Waals surface area contributed by atoms with Crippen LogP contribution in [0.25, 0.3) is 11.5 Å². The zero-order valence-corrected chi connectivity index (χ0v) is 11.7. The van der Waals surface area contributed by atoms with Crippen molar-refractivity contribution in [1.29, 1.82) is 0 Å². The van der Waals surface area contributed by atoms with E-state index in [4.69, 9.17) is 4.42 Å². The number of benzene rings is 1. The zero-order chi connectivity index (χ0) is 13.8. The Morgan fingerprint density at radius 2 is 2.05 bits per heavy atom. The normalized spacial score (nSPS) is 10.8. The number of rotatable bonds is 5. The van der Waals surface area contributed by atoms with E-state index in [-0.39, 0.29) is 0 Å². The van der Waals surface area contributed by atoms with Crippen molar-refractivity contribution in [3.8, 4) is 11.5 Å². The van der Waals surface area contributed by atoms with Crippen LogP contribution in [0.1, 0.15) is 18.6 Å². The molecule has 0 amide bonds. The molecule has 0 spiro atoms. The highest BCUT2D eigenvalue weighted by atomic mass is 32.2. The smallest absolute Gasteiger partial charge is 0.247 e. The van der Waals surface area contributed by atoms with E-state index in [1.807, 2.05) is 37.3 Å². The van der Waals surface area contributed by atoms with Crippen molar-refractivity contribution in [1.82, 2.24) is 25.4 Å². The summed E-state index contributed by atoms with van der Waals surface area (Å²) in [5.74, 6) is 2.53. The lowest BCUT2D eigenvalue weighted by Crippen LogP contribution is -1.83. The van der Waals surface area contributed by atoms with E-state index in [1.54, 1.807) is 0 Å². The number of nitrogens with one attached hydrogen (secondary N) is 1. The molecule has 0 aliphatic heterocycles. The predicted molar refractivity (Wildman–Crippen MR) is 75.1 cm³/mol. The van der Waals surface area contributed by atoms with Crippen LogP contribution in [-0.2, 0) is 12.2 Å². The summed E-state index contributed by atoms with van der Waals surface area (Å²) in [6.07, 6.45) is 0.840. The Kier molecular flexibility index (Phi) is 3.78. The second kappa shape index (κ2) is 5.87. The SMILES string of the molecule is CCc1nc(SCc2nnc(-c3ccccc3)o2)n[nH]1. The molecule has 2 heterocycles. The molecule has 7 heteroatoms. The minimum atomic E-state index is 0.533. The maximum atomic E-state index is 5.62. The van der Waals surface area contributed by atoms with Crippen LogP contribution < -0.4 is 0 Å². The van der Waals surface area contributed by atoms with E-state index >= 15 is 0 Å². The third-order valence-electron chi connectivity index (χ3n) is 2.66. The summed E-state index contributed by atoms with van der Waals surface area (Å²) in [5, 5.41) is 15.7. The highest BCUT2D eigenvalue weighted by Gasteiger charge is 2.10. The lowest BCUT2D eigenvalue weighted by atomic mass is 10.2. The van der Waals surface area contributed by atoms with E-state index in [2.05, 4.69) is 25.4 Å². The summed E-state index contributed by atoms with van der Waals surface area (Å²) in [4.78, 5) is 4.32. The Morgan fingerprint density at radius 3 is 2.80 bits per heavy atom. The highest BCUT2D eigenvalue weighted by molar-refractivity contribution is 7.98. The third kappa shape index (κ3) is 2.88. The maximum absolute atomic E-state index is 5.62. The standard InChI is InChI=1S/C13H13N5OS/c1-2-10-14-13(18-15-10)20-8-11-16-17-12(19-11)9-6-4-3-5-7-9/h3-7H,2,8H2,1H3,(H,14,15,18). The Morgan fingerprint density at radius 1 is 1.20 bits per heavy atom. The van der Waals surface area contributed by atoms with Gasteiger partial charge >= 0.3 is 0 Å². The lowest BCUT2D eigenvalue weighted by Gasteiger charge is -1.92. The molecule has 0 aliphatic rings. The minimum Gasteiger partial charge on any atom is -0.420 e. The van der Waals surface area contributed by atoms with E-state index < -0.39 is 0 Å². The van der Waals surface area contributed by atoms with E-state index in [0.717, 1.165) is 17.8 Å². The van der Waals surface area contributed by atoms with Crippen LogP contribution in [0.15, 0.2) is 39.9 Å². The van der Waals surface area contributed by atoms with Gasteiger partial charge in [-0.1, -0.05) is 36.9 Å². The average Bonchev–Trinajstić information content (AvgIpc) is 3.15. The number of aryl methyl sites for hydroxylation is 1. The van der Waals surface area contributed by atoms with Crippen molar-refractivity contribution in [2.75, 3.05) is 0 Å². The van der Waals surface area contributed by atoms with Gasteiger partial charge in [-0.3, -0.25) is 5.10 Å². The fourth-order valence-electron chi connectivity index (χ4n) is 1.64. The molecule has 3 rings (SSSR count). The van der Waals surface area contributed by atoms with Gasteiger partial charge in [-0.2, -0.15) is 0 Å². The van der Waals surface area contributed by atoms with Gasteiger partial charge in [0.1, 0.15) is 5.82 Å². The first-order chi connectivity index (χ1) is 9.85. The van der Waals surface area contributed by atoms with Crippen molar-refractivity contribution in [3.63, 3.8) is 0 Å². The number of H-pyrrole nitrogens is 1. The first kappa shape index (κ1) is 12.9. The van der Waals surface area contributed by atoms with Crippen molar-refractivity contribution in [2.24, 2.45) is 0 Å². The van der Waals surface area contributed by atoms with Crippen molar-refractivity contribution < 1.29 is 4.42 Å². The third-order valence-corrected chi connectivity index (χ3v) is 3.49. The molecule has 1 N–H and O–H groups in total. The summed E-state index contributed by atoms with van der Waals surface area (Å²) >= 11 is 1.47. The predicted octanol–water partition coefficient (Wildman–Crippen LogP) is 2.71. The van der Waals surface area contributed by atoms with Gasteiger partial charge in [0.25, 0.3) is 0 Å². The topological polar surface area (TPSA) is 80.5 Å². The molecule has 0 fully saturated rings. The van der Waals surface area contributed by atoms with Gasteiger partial charge in [0.15, 0.2) is 0 Å². The largest absolute Gasteiger partial charge is 0.420 e. The molecule has 0 bridgehead atoms. The summed E-state index contributed by atoms with van der Waals surface area (Å²) in [5.41, 5.74) is 0.919. The molecular weight excluding hydrogens is 274 g/mol. The maximum Gasteiger partial charge on any atom is 0.247 e. The molecule has 3 aromatic rings. The lowest BCUT2D eigenvalue weighted by molar-refractivity contribution is 0.528. The number of hydrogen-bond acceptors (Lipinski definition) is 6. The minimum absolute atomic E-state index is 0.533. The molecular formula is C13H13N5OS. The number of hydrogen-bond donors (Lipinski definition) is 1. The van der Waals surface area contributed by atoms with Crippen LogP contribution >= 0.6 is 11.8 Å². The molecule has 1 aromatic carbocycles. The summed E-state index contributed by atoms with van der Waals surface area (Å²) in [6.45, 7) is 2.03. The fourth-order valence-corrected chi connectivity index (χ4v) is 2.29. The van der Waals surface area contributed by atoms with E-state index in [9.17, 15) is 0 Å². The van der Waals surface area contributed by atoms with Gasteiger partial charge in [-0.05, 0) is 12.1 Å². The Bertz CT molecular complexity index is 679. The molecule has 0 saturated heterocycles. The Hall–Kier alpha value is -2.15. The van der Waals surface area contributed by atoms with Gasteiger partial charge in [0, 0.05) is 12.0 Å². The van der Waals surface area contributed by atoms with Crippen LogP contribution in [0.3, 0.4) is 0 Å². The molecule has 2 aromatic heterocycles. The number of aromatic nitrogens is 5. The number of thioether (sulfide) groups is 1. The van der Waals surface area contributed by atoms with Crippen LogP contribution in [0.5, 0.6) is 0 Å². The van der Waals surface area contributed by atoms with E-state index in [1.165, 1.54) is 11.8 Å². The monoisotopic (exact) mass is 287 g/mol. The quantitative estimate of drug-likeness (QED) is 0.727. The van der Waals surface area contributed by atoms with Crippen molar-refractivity contribution in [2.45, 2.75) is 24.3 Å². The molecule has 0 saturated carbocycles. The molecule has 0 radical (unpaired) electrons. The van der Waals surface area contributed by atoms with Crippen LogP contribution in [0.2, 0.25) is 0 Å². The summed E-state index contributed by atoms with van der Waals surface area (Å²) in [7, 11) is 0. The molecule has 102 valence electrons. The molecule has 6 nitrogen and oxygen atoms in total. The van der Waals surface area contributed by atoms with Gasteiger partial charge in [0.2, 0.25) is 16.9 Å². The first-order valence-electron chi connectivity index (χ1n) is 6.27. The first-order valence-corrected chi connectivity index (χ1v) is 7.25. The van der Waals surface area contributed by atoms with Crippen LogP contribution in [0.4, 0.5) is 0 Å². The molecule has 0 aliphatic carbocycles. The van der Waals surface area contributed by atoms with Crippen LogP contribution in [0, 0.1) is 0 Å². The van der Waals surface area contributed by atoms with Gasteiger partial charge in [-0.25, -0.2) is 4.98 Å². The molecule has 20 heavy (non-hydrogen) atoms. The number of nitrogens with zero attached hydrogens (tertiary/aromatic N) is 4. The summed E-state index contributed by atoms with van der Waals surface area (Å²) < 4.78 is 5.62. The molecule has 0 atom stereocenters. The second-order valence-corrected chi connectivity index (χ2v) is 5.02. The highest BCUT2D eigenvalue weighted by Crippen LogP contribution is 2.22. The van der Waals surface area contributed by atoms with E-state index in [0.29, 0.717) is 22.7 Å². The van der Waals surface area contributed by atoms with Gasteiger partial charge in [-0.15, -0.1) is 15.3 Å². The van der Waals surface area contributed by atoms with Crippen molar-refractivity contribution >= 4 is 11.8 Å². The van der Waals surface area contributed by atoms with Gasteiger partial charge < -0.3 is 4.42 Å². The second-order valence-electron chi connectivity index (χ2n) is 4.07. The van der Waals surface area contributed by atoms with Crippen molar-refractivity contribution in [3.05, 3.63) is 42.0 Å².